The maximum absolute atomic E-state index is 13.5. The summed E-state index contributed by atoms with van der Waals surface area (Å²) in [7, 11) is 0. The predicted molar refractivity (Wildman–Crippen MR) is 133 cm³/mol. The van der Waals surface area contributed by atoms with Gasteiger partial charge in [0.25, 0.3) is 5.91 Å². The van der Waals surface area contributed by atoms with Crippen molar-refractivity contribution in [1.29, 1.82) is 0 Å². The molecule has 3 aromatic rings. The lowest BCUT2D eigenvalue weighted by Crippen LogP contribution is -2.32. The molecule has 0 spiro atoms. The summed E-state index contributed by atoms with van der Waals surface area (Å²) in [5.74, 6) is -0.569. The Morgan fingerprint density at radius 1 is 0.844 bits per heavy atom. The standard InChI is InChI=1S/C26H24FN3OS/c1-3-28(4-2)21-14-10-19(11-15-21)18-24-25(31)30(22-8-6-5-7-9-22)26(32)29(24)23-16-12-20(27)13-17-23/h5-18H,3-4H2,1-2H3/b24-18-. The molecule has 1 amide bonds. The van der Waals surface area contributed by atoms with E-state index in [0.717, 1.165) is 24.3 Å². The molecule has 0 atom stereocenters. The zero-order chi connectivity index (χ0) is 22.7. The van der Waals surface area contributed by atoms with Gasteiger partial charge in [-0.2, -0.15) is 0 Å². The number of anilines is 3. The van der Waals surface area contributed by atoms with E-state index in [9.17, 15) is 9.18 Å². The van der Waals surface area contributed by atoms with Crippen LogP contribution in [0.5, 0.6) is 0 Å². The van der Waals surface area contributed by atoms with Gasteiger partial charge in [0, 0.05) is 24.5 Å². The largest absolute Gasteiger partial charge is 0.372 e. The third kappa shape index (κ3) is 4.14. The Labute approximate surface area is 193 Å². The van der Waals surface area contributed by atoms with Gasteiger partial charge in [-0.15, -0.1) is 0 Å². The van der Waals surface area contributed by atoms with Crippen molar-refractivity contribution >= 4 is 46.4 Å². The maximum atomic E-state index is 13.5. The number of benzene rings is 3. The van der Waals surface area contributed by atoms with Crippen molar-refractivity contribution in [3.63, 3.8) is 0 Å². The number of thiocarbonyl (C=S) groups is 1. The molecular weight excluding hydrogens is 421 g/mol. The van der Waals surface area contributed by atoms with Gasteiger partial charge in [-0.1, -0.05) is 30.3 Å². The monoisotopic (exact) mass is 445 g/mol. The number of carbonyl (C=O) groups excluding carboxylic acids is 1. The van der Waals surface area contributed by atoms with E-state index in [1.807, 2.05) is 60.7 Å². The normalized spacial score (nSPS) is 15.0. The topological polar surface area (TPSA) is 26.8 Å². The average molecular weight is 446 g/mol. The lowest BCUT2D eigenvalue weighted by Gasteiger charge is -2.21. The molecule has 0 N–H and O–H groups in total. The molecule has 4 rings (SSSR count). The molecule has 1 saturated heterocycles. The molecule has 0 saturated carbocycles. The van der Waals surface area contributed by atoms with Crippen LogP contribution in [0.15, 0.2) is 84.6 Å². The van der Waals surface area contributed by atoms with Gasteiger partial charge in [-0.3, -0.25) is 14.6 Å². The van der Waals surface area contributed by atoms with Gasteiger partial charge in [-0.05, 0) is 86.2 Å². The van der Waals surface area contributed by atoms with Crippen molar-refractivity contribution in [2.45, 2.75) is 13.8 Å². The molecule has 1 aliphatic heterocycles. The highest BCUT2D eigenvalue weighted by Gasteiger charge is 2.39. The number of carbonyl (C=O) groups is 1. The predicted octanol–water partition coefficient (Wildman–Crippen LogP) is 5.85. The fourth-order valence-corrected chi connectivity index (χ4v) is 4.19. The van der Waals surface area contributed by atoms with Crippen LogP contribution in [0.1, 0.15) is 19.4 Å². The number of hydrogen-bond donors (Lipinski definition) is 0. The van der Waals surface area contributed by atoms with Crippen LogP contribution >= 0.6 is 12.2 Å². The second-order valence-electron chi connectivity index (χ2n) is 7.36. The minimum absolute atomic E-state index is 0.224. The lowest BCUT2D eigenvalue weighted by atomic mass is 10.1. The van der Waals surface area contributed by atoms with Crippen molar-refractivity contribution in [3.05, 3.63) is 95.9 Å². The number of halogens is 1. The van der Waals surface area contributed by atoms with Crippen LogP contribution < -0.4 is 14.7 Å². The van der Waals surface area contributed by atoms with Crippen molar-refractivity contribution in [2.24, 2.45) is 0 Å². The van der Waals surface area contributed by atoms with Crippen molar-refractivity contribution < 1.29 is 9.18 Å². The molecular formula is C26H24FN3OS. The van der Waals surface area contributed by atoms with Crippen molar-refractivity contribution in [2.75, 3.05) is 27.8 Å². The fraction of sp³-hybridized carbons (Fsp3) is 0.154. The molecule has 0 bridgehead atoms. The highest BCUT2D eigenvalue weighted by Crippen LogP contribution is 2.33. The first-order valence-corrected chi connectivity index (χ1v) is 11.0. The summed E-state index contributed by atoms with van der Waals surface area (Å²) < 4.78 is 13.5. The number of rotatable bonds is 6. The summed E-state index contributed by atoms with van der Waals surface area (Å²) in [5.41, 5.74) is 3.76. The van der Waals surface area contributed by atoms with E-state index in [-0.39, 0.29) is 11.7 Å². The van der Waals surface area contributed by atoms with Gasteiger partial charge in [-0.25, -0.2) is 4.39 Å². The quantitative estimate of drug-likeness (QED) is 0.351. The highest BCUT2D eigenvalue weighted by atomic mass is 32.1. The van der Waals surface area contributed by atoms with Crippen molar-refractivity contribution in [3.8, 4) is 0 Å². The Balaban J connectivity index is 1.77. The Bertz CT molecular complexity index is 1140. The Morgan fingerprint density at radius 3 is 2.03 bits per heavy atom. The molecule has 0 unspecified atom stereocenters. The zero-order valence-electron chi connectivity index (χ0n) is 18.0. The SMILES string of the molecule is CCN(CC)c1ccc(/C=C2/C(=O)N(c3ccccc3)C(=S)N2c2ccc(F)cc2)cc1. The van der Waals surface area contributed by atoms with E-state index in [4.69, 9.17) is 12.2 Å². The first-order chi connectivity index (χ1) is 15.5. The summed E-state index contributed by atoms with van der Waals surface area (Å²) >= 11 is 5.71. The summed E-state index contributed by atoms with van der Waals surface area (Å²) in [6.45, 7) is 6.09. The lowest BCUT2D eigenvalue weighted by molar-refractivity contribution is -0.113. The number of hydrogen-bond acceptors (Lipinski definition) is 3. The van der Waals surface area contributed by atoms with Crippen LogP contribution in [-0.4, -0.2) is 24.1 Å². The van der Waals surface area contributed by atoms with Gasteiger partial charge < -0.3 is 4.90 Å². The van der Waals surface area contributed by atoms with Crippen LogP contribution in [0.4, 0.5) is 21.5 Å². The Morgan fingerprint density at radius 2 is 1.44 bits per heavy atom. The minimum Gasteiger partial charge on any atom is -0.372 e. The van der Waals surface area contributed by atoms with Gasteiger partial charge in [0.15, 0.2) is 5.11 Å². The van der Waals surface area contributed by atoms with Gasteiger partial charge in [0.1, 0.15) is 11.5 Å². The number of amides is 1. The molecule has 1 aliphatic rings. The van der Waals surface area contributed by atoms with E-state index in [1.165, 1.54) is 17.0 Å². The molecule has 0 aromatic heterocycles. The summed E-state index contributed by atoms with van der Waals surface area (Å²) in [5, 5.41) is 0.332. The fourth-order valence-electron chi connectivity index (χ4n) is 3.80. The average Bonchev–Trinajstić information content (AvgIpc) is 3.06. The van der Waals surface area contributed by atoms with E-state index in [1.54, 1.807) is 17.0 Å². The van der Waals surface area contributed by atoms with E-state index < -0.39 is 0 Å². The summed E-state index contributed by atoms with van der Waals surface area (Å²) in [4.78, 5) is 18.9. The van der Waals surface area contributed by atoms with Crippen LogP contribution in [0.3, 0.4) is 0 Å². The molecule has 1 heterocycles. The first-order valence-electron chi connectivity index (χ1n) is 10.6. The Kier molecular flexibility index (Phi) is 6.32. The van der Waals surface area contributed by atoms with Crippen LogP contribution in [0, 0.1) is 5.82 Å². The minimum atomic E-state index is -0.345. The second-order valence-corrected chi connectivity index (χ2v) is 7.73. The number of nitrogens with zero attached hydrogens (tertiary/aromatic N) is 3. The van der Waals surface area contributed by atoms with Gasteiger partial charge in [0.2, 0.25) is 0 Å². The maximum Gasteiger partial charge on any atom is 0.281 e. The van der Waals surface area contributed by atoms with Gasteiger partial charge in [0.05, 0.1) is 5.69 Å². The smallest absolute Gasteiger partial charge is 0.281 e. The Hall–Kier alpha value is -3.51. The highest BCUT2D eigenvalue weighted by molar-refractivity contribution is 7.81. The van der Waals surface area contributed by atoms with E-state index >= 15 is 0 Å². The second kappa shape index (κ2) is 9.32. The molecule has 3 aromatic carbocycles. The summed E-state index contributed by atoms with van der Waals surface area (Å²) in [6.07, 6.45) is 1.83. The molecule has 1 fully saturated rings. The third-order valence-corrected chi connectivity index (χ3v) is 5.84. The first kappa shape index (κ1) is 21.7. The van der Waals surface area contributed by atoms with Crippen LogP contribution in [0.25, 0.3) is 6.08 Å². The zero-order valence-corrected chi connectivity index (χ0v) is 18.8. The molecule has 0 radical (unpaired) electrons. The molecule has 6 heteroatoms. The van der Waals surface area contributed by atoms with E-state index in [2.05, 4.69) is 18.7 Å². The molecule has 4 nitrogen and oxygen atoms in total. The third-order valence-electron chi connectivity index (χ3n) is 5.47. The van der Waals surface area contributed by atoms with E-state index in [0.29, 0.717) is 22.2 Å². The number of para-hydroxylation sites is 1. The molecule has 32 heavy (non-hydrogen) atoms. The molecule has 162 valence electrons. The molecule has 0 aliphatic carbocycles. The van der Waals surface area contributed by atoms with Crippen LogP contribution in [0.2, 0.25) is 0 Å². The van der Waals surface area contributed by atoms with Crippen molar-refractivity contribution in [1.82, 2.24) is 0 Å². The summed E-state index contributed by atoms with van der Waals surface area (Å²) in [6, 6.07) is 23.4. The van der Waals surface area contributed by atoms with Crippen LogP contribution in [-0.2, 0) is 4.79 Å². The van der Waals surface area contributed by atoms with Gasteiger partial charge >= 0.3 is 0 Å².